The van der Waals surface area contributed by atoms with Crippen LogP contribution in [0.25, 0.3) is 10.9 Å². The van der Waals surface area contributed by atoms with E-state index in [0.717, 1.165) is 35.1 Å². The first kappa shape index (κ1) is 10.7. The van der Waals surface area contributed by atoms with Crippen LogP contribution in [0.15, 0.2) is 24.3 Å². The van der Waals surface area contributed by atoms with E-state index < -0.39 is 0 Å². The monoisotopic (exact) mass is 216 g/mol. The van der Waals surface area contributed by atoms with E-state index in [0.29, 0.717) is 5.82 Å². The highest BCUT2D eigenvalue weighted by Gasteiger charge is 2.04. The summed E-state index contributed by atoms with van der Waals surface area (Å²) in [6, 6.07) is 7.92. The summed E-state index contributed by atoms with van der Waals surface area (Å²) < 4.78 is 5.19. The molecule has 84 valence electrons. The zero-order chi connectivity index (χ0) is 11.5. The Morgan fingerprint density at radius 2 is 2.12 bits per heavy atom. The van der Waals surface area contributed by atoms with Crippen molar-refractivity contribution >= 4 is 16.7 Å². The molecule has 0 amide bonds. The number of nitrogen functional groups attached to an aromatic ring is 1. The SMILES string of the molecule is CCCc1cc2cc(OC)ccc2nc1N. The maximum Gasteiger partial charge on any atom is 0.127 e. The Balaban J connectivity index is 2.56. The molecule has 0 saturated carbocycles. The van der Waals surface area contributed by atoms with E-state index in [9.17, 15) is 0 Å². The predicted molar refractivity (Wildman–Crippen MR) is 66.7 cm³/mol. The van der Waals surface area contributed by atoms with Gasteiger partial charge in [-0.1, -0.05) is 13.3 Å². The van der Waals surface area contributed by atoms with Gasteiger partial charge in [0.15, 0.2) is 0 Å². The Kier molecular flexibility index (Phi) is 2.95. The Morgan fingerprint density at radius 1 is 1.31 bits per heavy atom. The summed E-state index contributed by atoms with van der Waals surface area (Å²) in [7, 11) is 1.67. The molecular formula is C13H16N2O. The van der Waals surface area contributed by atoms with Crippen molar-refractivity contribution in [3.8, 4) is 5.75 Å². The normalized spacial score (nSPS) is 10.6. The molecular weight excluding hydrogens is 200 g/mol. The predicted octanol–water partition coefficient (Wildman–Crippen LogP) is 2.78. The first-order valence-corrected chi connectivity index (χ1v) is 5.47. The van der Waals surface area contributed by atoms with Gasteiger partial charge >= 0.3 is 0 Å². The van der Waals surface area contributed by atoms with Gasteiger partial charge in [-0.25, -0.2) is 4.98 Å². The maximum absolute atomic E-state index is 5.90. The summed E-state index contributed by atoms with van der Waals surface area (Å²) in [4.78, 5) is 4.39. The largest absolute Gasteiger partial charge is 0.497 e. The number of aryl methyl sites for hydroxylation is 1. The molecule has 0 spiro atoms. The fourth-order valence-electron chi connectivity index (χ4n) is 1.81. The molecule has 0 saturated heterocycles. The van der Waals surface area contributed by atoms with E-state index in [4.69, 9.17) is 10.5 Å². The second kappa shape index (κ2) is 4.39. The number of anilines is 1. The van der Waals surface area contributed by atoms with E-state index in [2.05, 4.69) is 18.0 Å². The fraction of sp³-hybridized carbons (Fsp3) is 0.308. The highest BCUT2D eigenvalue weighted by atomic mass is 16.5. The molecule has 0 fully saturated rings. The molecule has 0 unspecified atom stereocenters. The smallest absolute Gasteiger partial charge is 0.127 e. The fourth-order valence-corrected chi connectivity index (χ4v) is 1.81. The topological polar surface area (TPSA) is 48.1 Å². The Hall–Kier alpha value is -1.77. The Bertz CT molecular complexity index is 509. The summed E-state index contributed by atoms with van der Waals surface area (Å²) in [5.74, 6) is 1.49. The summed E-state index contributed by atoms with van der Waals surface area (Å²) in [6.45, 7) is 2.13. The molecule has 3 heteroatoms. The molecule has 3 nitrogen and oxygen atoms in total. The summed E-state index contributed by atoms with van der Waals surface area (Å²) in [5.41, 5.74) is 7.93. The third kappa shape index (κ3) is 1.94. The van der Waals surface area contributed by atoms with E-state index in [1.807, 2.05) is 18.2 Å². The van der Waals surface area contributed by atoms with E-state index in [-0.39, 0.29) is 0 Å². The molecule has 0 atom stereocenters. The summed E-state index contributed by atoms with van der Waals surface area (Å²) in [5, 5.41) is 1.08. The van der Waals surface area contributed by atoms with Crippen LogP contribution in [0.1, 0.15) is 18.9 Å². The second-order valence-corrected chi connectivity index (χ2v) is 3.84. The van der Waals surface area contributed by atoms with Gasteiger partial charge < -0.3 is 10.5 Å². The number of aromatic nitrogens is 1. The van der Waals surface area contributed by atoms with Gasteiger partial charge in [-0.15, -0.1) is 0 Å². The average Bonchev–Trinajstić information content (AvgIpc) is 2.30. The van der Waals surface area contributed by atoms with Crippen molar-refractivity contribution in [2.24, 2.45) is 0 Å². The van der Waals surface area contributed by atoms with E-state index >= 15 is 0 Å². The summed E-state index contributed by atoms with van der Waals surface area (Å²) in [6.07, 6.45) is 2.04. The zero-order valence-corrected chi connectivity index (χ0v) is 9.66. The molecule has 0 aliphatic rings. The standard InChI is InChI=1S/C13H16N2O/c1-3-4-9-7-10-8-11(16-2)5-6-12(10)15-13(9)14/h5-8H,3-4H2,1-2H3,(H2,14,15). The average molecular weight is 216 g/mol. The van der Waals surface area contributed by atoms with E-state index in [1.54, 1.807) is 7.11 Å². The molecule has 2 N–H and O–H groups in total. The van der Waals surface area contributed by atoms with Crippen LogP contribution < -0.4 is 10.5 Å². The molecule has 0 bridgehead atoms. The van der Waals surface area contributed by atoms with Crippen LogP contribution in [0.2, 0.25) is 0 Å². The highest BCUT2D eigenvalue weighted by molar-refractivity contribution is 5.82. The maximum atomic E-state index is 5.90. The minimum atomic E-state index is 0.638. The van der Waals surface area contributed by atoms with Crippen molar-refractivity contribution in [1.29, 1.82) is 0 Å². The molecule has 2 rings (SSSR count). The summed E-state index contributed by atoms with van der Waals surface area (Å²) >= 11 is 0. The van der Waals surface area contributed by atoms with Gasteiger partial charge in [-0.3, -0.25) is 0 Å². The van der Waals surface area contributed by atoms with E-state index in [1.165, 1.54) is 0 Å². The van der Waals surface area contributed by atoms with Crippen molar-refractivity contribution in [3.05, 3.63) is 29.8 Å². The van der Waals surface area contributed by atoms with Crippen LogP contribution in [0, 0.1) is 0 Å². The third-order valence-corrected chi connectivity index (χ3v) is 2.65. The highest BCUT2D eigenvalue weighted by Crippen LogP contribution is 2.23. The van der Waals surface area contributed by atoms with Crippen molar-refractivity contribution < 1.29 is 4.74 Å². The van der Waals surface area contributed by atoms with Crippen LogP contribution in [0.4, 0.5) is 5.82 Å². The number of rotatable bonds is 3. The molecule has 0 aliphatic heterocycles. The number of ether oxygens (including phenoxy) is 1. The molecule has 1 aromatic heterocycles. The molecule has 16 heavy (non-hydrogen) atoms. The molecule has 0 aliphatic carbocycles. The second-order valence-electron chi connectivity index (χ2n) is 3.84. The van der Waals surface area contributed by atoms with Gasteiger partial charge in [0.2, 0.25) is 0 Å². The minimum Gasteiger partial charge on any atom is -0.497 e. The van der Waals surface area contributed by atoms with Crippen LogP contribution in [-0.4, -0.2) is 12.1 Å². The third-order valence-electron chi connectivity index (χ3n) is 2.65. The van der Waals surface area contributed by atoms with Gasteiger partial charge in [-0.05, 0) is 36.2 Å². The lowest BCUT2D eigenvalue weighted by Gasteiger charge is -2.07. The van der Waals surface area contributed by atoms with Crippen LogP contribution in [0.3, 0.4) is 0 Å². The molecule has 1 heterocycles. The molecule has 0 radical (unpaired) electrons. The number of fused-ring (bicyclic) bond motifs is 1. The number of pyridine rings is 1. The van der Waals surface area contributed by atoms with Crippen molar-refractivity contribution in [1.82, 2.24) is 4.98 Å². The lowest BCUT2D eigenvalue weighted by molar-refractivity contribution is 0.415. The number of nitrogens with two attached hydrogens (primary N) is 1. The first-order chi connectivity index (χ1) is 7.74. The number of nitrogens with zero attached hydrogens (tertiary/aromatic N) is 1. The zero-order valence-electron chi connectivity index (χ0n) is 9.66. The Labute approximate surface area is 95.2 Å². The Morgan fingerprint density at radius 3 is 2.81 bits per heavy atom. The van der Waals surface area contributed by atoms with Gasteiger partial charge in [0.25, 0.3) is 0 Å². The van der Waals surface area contributed by atoms with Gasteiger partial charge in [0.1, 0.15) is 11.6 Å². The van der Waals surface area contributed by atoms with Crippen LogP contribution in [-0.2, 0) is 6.42 Å². The lowest BCUT2D eigenvalue weighted by Crippen LogP contribution is -1.98. The number of methoxy groups -OCH3 is 1. The number of hydrogen-bond acceptors (Lipinski definition) is 3. The minimum absolute atomic E-state index is 0.638. The molecule has 1 aromatic carbocycles. The van der Waals surface area contributed by atoms with Crippen molar-refractivity contribution in [3.63, 3.8) is 0 Å². The van der Waals surface area contributed by atoms with Gasteiger partial charge in [0.05, 0.1) is 12.6 Å². The van der Waals surface area contributed by atoms with Crippen molar-refractivity contribution in [2.45, 2.75) is 19.8 Å². The van der Waals surface area contributed by atoms with Crippen LogP contribution in [0.5, 0.6) is 5.75 Å². The van der Waals surface area contributed by atoms with Gasteiger partial charge in [0, 0.05) is 5.39 Å². The lowest BCUT2D eigenvalue weighted by atomic mass is 10.1. The van der Waals surface area contributed by atoms with Crippen LogP contribution >= 0.6 is 0 Å². The van der Waals surface area contributed by atoms with Gasteiger partial charge in [-0.2, -0.15) is 0 Å². The number of benzene rings is 1. The quantitative estimate of drug-likeness (QED) is 0.858. The number of hydrogen-bond donors (Lipinski definition) is 1. The first-order valence-electron chi connectivity index (χ1n) is 5.47. The van der Waals surface area contributed by atoms with Crippen molar-refractivity contribution in [2.75, 3.05) is 12.8 Å². The molecule has 2 aromatic rings.